The highest BCUT2D eigenvalue weighted by molar-refractivity contribution is 7.87. The topological polar surface area (TPSA) is 109 Å². The fourth-order valence-corrected chi connectivity index (χ4v) is 2.38. The molecule has 0 fully saturated rings. The Labute approximate surface area is 122 Å². The summed E-state index contributed by atoms with van der Waals surface area (Å²) in [5, 5.41) is -6.39. The van der Waals surface area contributed by atoms with Gasteiger partial charge in [0, 0.05) is 6.42 Å². The third-order valence-electron chi connectivity index (χ3n) is 2.54. The molecule has 14 heteroatoms. The second-order valence-corrected chi connectivity index (χ2v) is 7.40. The molecular formula is C8H12F6O6S2. The molecule has 0 atom stereocenters. The fourth-order valence-electron chi connectivity index (χ4n) is 1.34. The SMILES string of the molecule is O=S(=O)(O)CCCCCC(F)(F)C(F)(F)C(F)(F)S(=O)(=O)O. The van der Waals surface area contributed by atoms with E-state index in [1.807, 2.05) is 0 Å². The van der Waals surface area contributed by atoms with Crippen molar-refractivity contribution in [1.29, 1.82) is 0 Å². The van der Waals surface area contributed by atoms with Crippen molar-refractivity contribution in [3.63, 3.8) is 0 Å². The average molecular weight is 382 g/mol. The van der Waals surface area contributed by atoms with Gasteiger partial charge in [-0.05, 0) is 12.8 Å². The van der Waals surface area contributed by atoms with E-state index in [0.29, 0.717) is 0 Å². The van der Waals surface area contributed by atoms with Crippen molar-refractivity contribution in [1.82, 2.24) is 0 Å². The minimum Gasteiger partial charge on any atom is -0.286 e. The molecule has 0 amide bonds. The summed E-state index contributed by atoms with van der Waals surface area (Å²) < 4.78 is 135. The van der Waals surface area contributed by atoms with Gasteiger partial charge in [0.1, 0.15) is 0 Å². The fraction of sp³-hybridized carbons (Fsp3) is 1.00. The van der Waals surface area contributed by atoms with Crippen molar-refractivity contribution in [2.24, 2.45) is 0 Å². The van der Waals surface area contributed by atoms with Crippen LogP contribution in [0.15, 0.2) is 0 Å². The zero-order valence-electron chi connectivity index (χ0n) is 10.6. The highest BCUT2D eigenvalue weighted by Gasteiger charge is 2.76. The van der Waals surface area contributed by atoms with Crippen LogP contribution in [0.25, 0.3) is 0 Å². The van der Waals surface area contributed by atoms with Gasteiger partial charge in [-0.25, -0.2) is 0 Å². The second kappa shape index (κ2) is 6.49. The van der Waals surface area contributed by atoms with E-state index in [2.05, 4.69) is 0 Å². The molecule has 2 N–H and O–H groups in total. The molecule has 134 valence electrons. The predicted molar refractivity (Wildman–Crippen MR) is 61.3 cm³/mol. The molecule has 0 aromatic heterocycles. The van der Waals surface area contributed by atoms with E-state index in [4.69, 9.17) is 9.11 Å². The lowest BCUT2D eigenvalue weighted by molar-refractivity contribution is -0.282. The van der Waals surface area contributed by atoms with Gasteiger partial charge < -0.3 is 0 Å². The Morgan fingerprint density at radius 2 is 1.23 bits per heavy atom. The van der Waals surface area contributed by atoms with Gasteiger partial charge in [-0.1, -0.05) is 6.42 Å². The largest absolute Gasteiger partial charge is 0.437 e. The summed E-state index contributed by atoms with van der Waals surface area (Å²) in [7, 11) is -11.2. The van der Waals surface area contributed by atoms with E-state index in [1.165, 1.54) is 0 Å². The first-order valence-electron chi connectivity index (χ1n) is 5.51. The van der Waals surface area contributed by atoms with Gasteiger partial charge in [0.05, 0.1) is 5.75 Å². The maximum atomic E-state index is 13.1. The summed E-state index contributed by atoms with van der Waals surface area (Å²) in [6.45, 7) is 0. The average Bonchev–Trinajstić information content (AvgIpc) is 2.24. The summed E-state index contributed by atoms with van der Waals surface area (Å²) >= 11 is 0. The standard InChI is InChI=1S/C8H12F6O6S2/c9-6(10,4-2-1-3-5-21(15,16)17)7(11,12)8(13,14)22(18,19)20/h1-5H2,(H,15,16,17)(H,18,19,20). The summed E-state index contributed by atoms with van der Waals surface area (Å²) in [6.07, 6.45) is -3.55. The maximum absolute atomic E-state index is 13.1. The van der Waals surface area contributed by atoms with Crippen LogP contribution in [0, 0.1) is 0 Å². The van der Waals surface area contributed by atoms with Crippen molar-refractivity contribution in [3.05, 3.63) is 0 Å². The van der Waals surface area contributed by atoms with Crippen LogP contribution in [-0.2, 0) is 20.2 Å². The van der Waals surface area contributed by atoms with E-state index < -0.39 is 68.8 Å². The lowest BCUT2D eigenvalue weighted by Crippen LogP contribution is -2.57. The number of hydrogen-bond donors (Lipinski definition) is 2. The molecule has 0 aliphatic rings. The highest BCUT2D eigenvalue weighted by atomic mass is 32.2. The Balaban J connectivity index is 4.86. The van der Waals surface area contributed by atoms with Gasteiger partial charge in [0.2, 0.25) is 0 Å². The molecule has 0 spiro atoms. The smallest absolute Gasteiger partial charge is 0.286 e. The summed E-state index contributed by atoms with van der Waals surface area (Å²) in [5.74, 6) is -12.7. The van der Waals surface area contributed by atoms with Gasteiger partial charge in [0.25, 0.3) is 10.1 Å². The van der Waals surface area contributed by atoms with Crippen molar-refractivity contribution in [2.45, 2.75) is 42.8 Å². The summed E-state index contributed by atoms with van der Waals surface area (Å²) in [5.41, 5.74) is 0. The molecular weight excluding hydrogens is 370 g/mol. The van der Waals surface area contributed by atoms with Crippen LogP contribution in [0.1, 0.15) is 25.7 Å². The minimum absolute atomic E-state index is 0.394. The Morgan fingerprint density at radius 3 is 1.59 bits per heavy atom. The monoisotopic (exact) mass is 382 g/mol. The molecule has 0 unspecified atom stereocenters. The van der Waals surface area contributed by atoms with E-state index in [-0.39, 0.29) is 0 Å². The molecule has 0 aliphatic heterocycles. The molecule has 0 radical (unpaired) electrons. The second-order valence-electron chi connectivity index (χ2n) is 4.37. The molecule has 6 nitrogen and oxygen atoms in total. The van der Waals surface area contributed by atoms with E-state index in [0.717, 1.165) is 0 Å². The van der Waals surface area contributed by atoms with Gasteiger partial charge in [-0.3, -0.25) is 9.11 Å². The molecule has 0 saturated carbocycles. The van der Waals surface area contributed by atoms with Crippen LogP contribution >= 0.6 is 0 Å². The Hall–Kier alpha value is -0.600. The first-order chi connectivity index (χ1) is 9.46. The van der Waals surface area contributed by atoms with Crippen molar-refractivity contribution in [2.75, 3.05) is 5.75 Å². The Bertz CT molecular complexity index is 584. The third-order valence-corrected chi connectivity index (χ3v) is 4.25. The number of alkyl halides is 6. The highest BCUT2D eigenvalue weighted by Crippen LogP contribution is 2.50. The normalized spacial score (nSPS) is 15.1. The zero-order chi connectivity index (χ0) is 18.0. The number of unbranched alkanes of at least 4 members (excludes halogenated alkanes) is 2. The first kappa shape index (κ1) is 21.4. The van der Waals surface area contributed by atoms with Crippen molar-refractivity contribution in [3.8, 4) is 0 Å². The molecule has 0 aromatic rings. The lowest BCUT2D eigenvalue weighted by Gasteiger charge is -2.30. The Kier molecular flexibility index (Phi) is 6.31. The first-order valence-corrected chi connectivity index (χ1v) is 8.56. The zero-order valence-corrected chi connectivity index (χ0v) is 12.3. The predicted octanol–water partition coefficient (Wildman–Crippen LogP) is 2.19. The van der Waals surface area contributed by atoms with E-state index >= 15 is 0 Å². The maximum Gasteiger partial charge on any atom is 0.437 e. The minimum atomic E-state index is -6.77. The summed E-state index contributed by atoms with van der Waals surface area (Å²) in [4.78, 5) is 0. The lowest BCUT2D eigenvalue weighted by atomic mass is 10.0. The van der Waals surface area contributed by atoms with Gasteiger partial charge in [-0.15, -0.1) is 0 Å². The van der Waals surface area contributed by atoms with Crippen LogP contribution in [0.3, 0.4) is 0 Å². The van der Waals surface area contributed by atoms with Crippen LogP contribution in [0.4, 0.5) is 26.3 Å². The summed E-state index contributed by atoms with van der Waals surface area (Å²) in [6, 6.07) is 0. The molecule has 0 bridgehead atoms. The van der Waals surface area contributed by atoms with Gasteiger partial charge >= 0.3 is 27.2 Å². The molecule has 0 saturated heterocycles. The van der Waals surface area contributed by atoms with Crippen molar-refractivity contribution >= 4 is 20.2 Å². The quantitative estimate of drug-likeness (QED) is 0.359. The van der Waals surface area contributed by atoms with Crippen molar-refractivity contribution < 1.29 is 52.3 Å². The van der Waals surface area contributed by atoms with Crippen LogP contribution in [-0.4, -0.2) is 48.8 Å². The molecule has 0 aromatic carbocycles. The molecule has 22 heavy (non-hydrogen) atoms. The number of rotatable bonds is 9. The van der Waals surface area contributed by atoms with E-state index in [9.17, 15) is 43.2 Å². The van der Waals surface area contributed by atoms with Crippen LogP contribution < -0.4 is 0 Å². The molecule has 0 heterocycles. The Morgan fingerprint density at radius 1 is 0.773 bits per heavy atom. The van der Waals surface area contributed by atoms with Crippen LogP contribution in [0.5, 0.6) is 0 Å². The van der Waals surface area contributed by atoms with E-state index in [1.54, 1.807) is 0 Å². The third kappa shape index (κ3) is 4.96. The van der Waals surface area contributed by atoms with Gasteiger partial charge in [0.15, 0.2) is 0 Å². The van der Waals surface area contributed by atoms with Crippen LogP contribution in [0.2, 0.25) is 0 Å². The van der Waals surface area contributed by atoms with Gasteiger partial charge in [-0.2, -0.15) is 43.2 Å². The number of halogens is 6. The molecule has 0 rings (SSSR count). The number of hydrogen-bond acceptors (Lipinski definition) is 4. The molecule has 0 aliphatic carbocycles.